The van der Waals surface area contributed by atoms with Gasteiger partial charge in [-0.05, 0) is 54.7 Å². The quantitative estimate of drug-likeness (QED) is 0.599. The molecule has 28 heavy (non-hydrogen) atoms. The highest BCUT2D eigenvalue weighted by atomic mass is 79.9. The molecule has 1 N–H and O–H groups in total. The van der Waals surface area contributed by atoms with E-state index in [1.807, 2.05) is 48.5 Å². The van der Waals surface area contributed by atoms with Gasteiger partial charge in [0.05, 0.1) is 11.8 Å². The number of halogens is 1. The van der Waals surface area contributed by atoms with Gasteiger partial charge in [-0.15, -0.1) is 0 Å². The molecule has 1 aliphatic rings. The van der Waals surface area contributed by atoms with Crippen molar-refractivity contribution in [1.82, 2.24) is 0 Å². The van der Waals surface area contributed by atoms with Crippen molar-refractivity contribution in [2.24, 2.45) is 11.8 Å². The fourth-order valence-electron chi connectivity index (χ4n) is 3.63. The van der Waals surface area contributed by atoms with Gasteiger partial charge in [0.25, 0.3) is 0 Å². The topological polar surface area (TPSA) is 55.4 Å². The lowest BCUT2D eigenvalue weighted by Crippen LogP contribution is -2.37. The number of carbonyl (C=O) groups is 2. The smallest absolute Gasteiger partial charge is 0.310 e. The first kappa shape index (κ1) is 20.6. The van der Waals surface area contributed by atoms with Gasteiger partial charge in [0, 0.05) is 10.2 Å². The van der Waals surface area contributed by atoms with Crippen molar-refractivity contribution in [3.63, 3.8) is 0 Å². The highest BCUT2D eigenvalue weighted by Gasteiger charge is 2.36. The van der Waals surface area contributed by atoms with Gasteiger partial charge in [0.15, 0.2) is 0 Å². The fourth-order valence-corrected chi connectivity index (χ4v) is 3.89. The van der Waals surface area contributed by atoms with Crippen molar-refractivity contribution >= 4 is 33.5 Å². The predicted molar refractivity (Wildman–Crippen MR) is 114 cm³/mol. The van der Waals surface area contributed by atoms with Gasteiger partial charge < -0.3 is 10.1 Å². The van der Waals surface area contributed by atoms with Crippen LogP contribution < -0.4 is 5.32 Å². The monoisotopic (exact) mass is 443 g/mol. The number of ether oxygens (including phenoxy) is 1. The largest absolute Gasteiger partial charge is 0.461 e. The Morgan fingerprint density at radius 3 is 2.21 bits per heavy atom. The number of rotatable bonds is 6. The van der Waals surface area contributed by atoms with E-state index < -0.39 is 0 Å². The van der Waals surface area contributed by atoms with E-state index in [-0.39, 0.29) is 30.3 Å². The van der Waals surface area contributed by atoms with Crippen molar-refractivity contribution in [3.8, 4) is 0 Å². The lowest BCUT2D eigenvalue weighted by molar-refractivity contribution is -0.155. The van der Waals surface area contributed by atoms with Crippen molar-refractivity contribution < 1.29 is 14.3 Å². The van der Waals surface area contributed by atoms with Gasteiger partial charge in [0.2, 0.25) is 5.91 Å². The van der Waals surface area contributed by atoms with Crippen LogP contribution in [0.5, 0.6) is 0 Å². The second-order valence-corrected chi connectivity index (χ2v) is 8.19. The Bertz CT molecular complexity index is 802. The summed E-state index contributed by atoms with van der Waals surface area (Å²) in [4.78, 5) is 25.5. The molecule has 148 valence electrons. The molecular weight excluding hydrogens is 418 g/mol. The number of carbonyl (C=O) groups excluding carboxylic acids is 2. The minimum Gasteiger partial charge on any atom is -0.461 e. The first-order valence-corrected chi connectivity index (χ1v) is 10.7. The first-order valence-electron chi connectivity index (χ1n) is 9.87. The zero-order chi connectivity index (χ0) is 19.9. The van der Waals surface area contributed by atoms with Crippen LogP contribution >= 0.6 is 15.9 Å². The predicted octanol–water partition coefficient (Wildman–Crippen LogP) is 5.50. The average Bonchev–Trinajstić information content (AvgIpc) is 2.73. The molecule has 2 aromatic rings. The molecule has 1 aliphatic carbocycles. The summed E-state index contributed by atoms with van der Waals surface area (Å²) in [7, 11) is 0. The zero-order valence-corrected chi connectivity index (χ0v) is 17.7. The van der Waals surface area contributed by atoms with E-state index in [2.05, 4.69) is 28.2 Å². The molecule has 0 unspecified atom stereocenters. The Balaban J connectivity index is 1.60. The first-order chi connectivity index (χ1) is 13.6. The highest BCUT2D eigenvalue weighted by Crippen LogP contribution is 2.32. The Hall–Kier alpha value is -2.14. The molecule has 5 heteroatoms. The number of amides is 1. The molecule has 1 saturated carbocycles. The molecule has 0 heterocycles. The van der Waals surface area contributed by atoms with E-state index in [4.69, 9.17) is 4.74 Å². The maximum absolute atomic E-state index is 12.8. The summed E-state index contributed by atoms with van der Waals surface area (Å²) in [5.41, 5.74) is 2.93. The Kier molecular flexibility index (Phi) is 7.26. The van der Waals surface area contributed by atoms with Gasteiger partial charge >= 0.3 is 5.97 Å². The van der Waals surface area contributed by atoms with Crippen LogP contribution in [0.25, 0.3) is 0 Å². The molecule has 0 aliphatic heterocycles. The Morgan fingerprint density at radius 1 is 0.964 bits per heavy atom. The van der Waals surface area contributed by atoms with E-state index in [9.17, 15) is 9.59 Å². The number of hydrogen-bond acceptors (Lipinski definition) is 3. The fraction of sp³-hybridized carbons (Fsp3) is 0.391. The lowest BCUT2D eigenvalue weighted by atomic mass is 9.78. The van der Waals surface area contributed by atoms with E-state index >= 15 is 0 Å². The maximum atomic E-state index is 12.8. The van der Waals surface area contributed by atoms with Crippen molar-refractivity contribution in [2.75, 3.05) is 5.32 Å². The molecule has 0 radical (unpaired) electrons. The highest BCUT2D eigenvalue weighted by molar-refractivity contribution is 9.10. The van der Waals surface area contributed by atoms with Crippen molar-refractivity contribution in [1.29, 1.82) is 0 Å². The van der Waals surface area contributed by atoms with Crippen LogP contribution in [0.2, 0.25) is 0 Å². The molecule has 3 rings (SSSR count). The summed E-state index contributed by atoms with van der Waals surface area (Å²) in [6, 6.07) is 15.5. The Labute approximate surface area is 174 Å². The molecule has 1 fully saturated rings. The van der Waals surface area contributed by atoms with Crippen LogP contribution in [0.15, 0.2) is 53.0 Å². The summed E-state index contributed by atoms with van der Waals surface area (Å²) in [5.74, 6) is -1.07. The van der Waals surface area contributed by atoms with Gasteiger partial charge in [-0.2, -0.15) is 0 Å². The number of benzene rings is 2. The number of hydrogen-bond donors (Lipinski definition) is 1. The molecule has 0 saturated heterocycles. The van der Waals surface area contributed by atoms with Crippen molar-refractivity contribution in [3.05, 3.63) is 64.1 Å². The van der Waals surface area contributed by atoms with Crippen LogP contribution in [0, 0.1) is 11.8 Å². The van der Waals surface area contributed by atoms with E-state index in [1.165, 1.54) is 5.56 Å². The SMILES string of the molecule is CCc1ccc(NC(=O)[C@@H]2CCCC[C@H]2C(=O)OCc2ccc(Br)cc2)cc1. The molecule has 1 amide bonds. The Morgan fingerprint density at radius 2 is 1.57 bits per heavy atom. The normalized spacial score (nSPS) is 19.1. The van der Waals surface area contributed by atoms with Crippen LogP contribution in [0.1, 0.15) is 43.7 Å². The number of aryl methyl sites for hydroxylation is 1. The average molecular weight is 444 g/mol. The summed E-state index contributed by atoms with van der Waals surface area (Å²) >= 11 is 3.39. The molecule has 0 spiro atoms. The van der Waals surface area contributed by atoms with Crippen LogP contribution in [0.4, 0.5) is 5.69 Å². The third-order valence-electron chi connectivity index (χ3n) is 5.33. The van der Waals surface area contributed by atoms with Crippen LogP contribution in [-0.2, 0) is 27.4 Å². The van der Waals surface area contributed by atoms with E-state index in [1.54, 1.807) is 0 Å². The third-order valence-corrected chi connectivity index (χ3v) is 5.86. The summed E-state index contributed by atoms with van der Waals surface area (Å²) < 4.78 is 6.52. The molecule has 0 aromatic heterocycles. The number of esters is 1. The van der Waals surface area contributed by atoms with E-state index in [0.29, 0.717) is 6.42 Å². The molecule has 2 atom stereocenters. The second kappa shape index (κ2) is 9.87. The summed E-state index contributed by atoms with van der Waals surface area (Å²) in [6.07, 6.45) is 4.29. The molecule has 2 aromatic carbocycles. The van der Waals surface area contributed by atoms with E-state index in [0.717, 1.165) is 41.4 Å². The third kappa shape index (κ3) is 5.44. The second-order valence-electron chi connectivity index (χ2n) is 7.27. The minimum absolute atomic E-state index is 0.0884. The summed E-state index contributed by atoms with van der Waals surface area (Å²) in [6.45, 7) is 2.33. The molecular formula is C23H26BrNO3. The summed E-state index contributed by atoms with van der Waals surface area (Å²) in [5, 5.41) is 2.98. The van der Waals surface area contributed by atoms with Gasteiger partial charge in [-0.25, -0.2) is 0 Å². The lowest BCUT2D eigenvalue weighted by Gasteiger charge is -2.29. The van der Waals surface area contributed by atoms with Crippen molar-refractivity contribution in [2.45, 2.75) is 45.6 Å². The van der Waals surface area contributed by atoms with Crippen LogP contribution in [0.3, 0.4) is 0 Å². The number of anilines is 1. The number of nitrogens with one attached hydrogen (secondary N) is 1. The molecule has 0 bridgehead atoms. The molecule has 4 nitrogen and oxygen atoms in total. The maximum Gasteiger partial charge on any atom is 0.310 e. The minimum atomic E-state index is -0.376. The van der Waals surface area contributed by atoms with Gasteiger partial charge in [-0.3, -0.25) is 9.59 Å². The van der Waals surface area contributed by atoms with Gasteiger partial charge in [-0.1, -0.05) is 60.0 Å². The van der Waals surface area contributed by atoms with Crippen LogP contribution in [-0.4, -0.2) is 11.9 Å². The standard InChI is InChI=1S/C23H26BrNO3/c1-2-16-9-13-19(14-10-16)25-22(26)20-5-3-4-6-21(20)23(27)28-15-17-7-11-18(24)12-8-17/h7-14,20-21H,2-6,15H2,1H3,(H,25,26)/t20-,21-/m1/s1. The zero-order valence-electron chi connectivity index (χ0n) is 16.1. The van der Waals surface area contributed by atoms with Gasteiger partial charge in [0.1, 0.15) is 6.61 Å².